The Kier molecular flexibility index (Phi) is 7.11. The predicted octanol–water partition coefficient (Wildman–Crippen LogP) is 4.32. The van der Waals surface area contributed by atoms with Gasteiger partial charge in [-0.15, -0.1) is 0 Å². The van der Waals surface area contributed by atoms with Gasteiger partial charge in [0.1, 0.15) is 11.5 Å². The number of rotatable bonds is 8. The maximum Gasteiger partial charge on any atom is 0.255 e. The van der Waals surface area contributed by atoms with Crippen molar-refractivity contribution < 1.29 is 19.1 Å². The van der Waals surface area contributed by atoms with Crippen molar-refractivity contribution in [3.8, 4) is 11.5 Å². The van der Waals surface area contributed by atoms with Crippen LogP contribution in [0, 0.1) is 6.92 Å². The largest absolute Gasteiger partial charge is 0.497 e. The number of carbonyl (C=O) groups is 2. The Hall–Kier alpha value is -4.00. The Morgan fingerprint density at radius 2 is 1.55 bits per heavy atom. The fraction of sp³-hybridized carbons (Fsp3) is 0.167. The van der Waals surface area contributed by atoms with Crippen molar-refractivity contribution in [3.05, 3.63) is 77.9 Å². The van der Waals surface area contributed by atoms with Gasteiger partial charge in [-0.25, -0.2) is 0 Å². The number of hydrogen-bond acceptors (Lipinski definition) is 5. The van der Waals surface area contributed by atoms with Crippen molar-refractivity contribution in [2.45, 2.75) is 6.92 Å². The molecule has 3 aromatic carbocycles. The number of anilines is 3. The Bertz CT molecular complexity index is 1070. The molecule has 2 amide bonds. The van der Waals surface area contributed by atoms with Crippen LogP contribution < -0.4 is 25.4 Å². The van der Waals surface area contributed by atoms with Crippen LogP contribution in [0.1, 0.15) is 15.9 Å². The molecule has 0 aliphatic heterocycles. The molecule has 0 atom stereocenters. The molecule has 0 spiro atoms. The average molecular weight is 419 g/mol. The molecule has 0 heterocycles. The molecule has 0 fully saturated rings. The monoisotopic (exact) mass is 419 g/mol. The van der Waals surface area contributed by atoms with E-state index in [9.17, 15) is 9.59 Å². The van der Waals surface area contributed by atoms with E-state index in [0.717, 1.165) is 11.3 Å². The maximum absolute atomic E-state index is 12.5. The topological polar surface area (TPSA) is 88.7 Å². The lowest BCUT2D eigenvalue weighted by Crippen LogP contribution is -2.22. The SMILES string of the molecule is COc1ccc(OC)c(NC(=O)CNc2cccc(NC(=O)c3ccccc3)c2C)c1. The first-order valence-corrected chi connectivity index (χ1v) is 9.73. The molecule has 0 radical (unpaired) electrons. The minimum absolute atomic E-state index is 0.0390. The van der Waals surface area contributed by atoms with Crippen LogP contribution in [0.15, 0.2) is 66.7 Å². The predicted molar refractivity (Wildman–Crippen MR) is 122 cm³/mol. The number of ether oxygens (including phenoxy) is 2. The van der Waals surface area contributed by atoms with Crippen molar-refractivity contribution in [1.29, 1.82) is 0 Å². The van der Waals surface area contributed by atoms with E-state index in [2.05, 4.69) is 16.0 Å². The highest BCUT2D eigenvalue weighted by atomic mass is 16.5. The first-order valence-electron chi connectivity index (χ1n) is 9.73. The number of nitrogens with one attached hydrogen (secondary N) is 3. The lowest BCUT2D eigenvalue weighted by Gasteiger charge is -2.15. The van der Waals surface area contributed by atoms with Crippen LogP contribution in [0.2, 0.25) is 0 Å². The molecule has 0 unspecified atom stereocenters. The minimum atomic E-state index is -0.246. The van der Waals surface area contributed by atoms with Gasteiger partial charge < -0.3 is 25.4 Å². The summed E-state index contributed by atoms with van der Waals surface area (Å²) in [5.74, 6) is 0.714. The van der Waals surface area contributed by atoms with E-state index in [4.69, 9.17) is 9.47 Å². The summed E-state index contributed by atoms with van der Waals surface area (Å²) in [6, 6.07) is 19.7. The van der Waals surface area contributed by atoms with Gasteiger partial charge in [-0.3, -0.25) is 9.59 Å². The molecular weight excluding hydrogens is 394 g/mol. The van der Waals surface area contributed by atoms with E-state index in [1.807, 2.05) is 43.3 Å². The summed E-state index contributed by atoms with van der Waals surface area (Å²) >= 11 is 0. The molecule has 0 bridgehead atoms. The number of benzene rings is 3. The van der Waals surface area contributed by atoms with Crippen molar-refractivity contribution in [2.24, 2.45) is 0 Å². The van der Waals surface area contributed by atoms with Gasteiger partial charge in [-0.05, 0) is 48.9 Å². The van der Waals surface area contributed by atoms with Crippen LogP contribution >= 0.6 is 0 Å². The Morgan fingerprint density at radius 1 is 0.806 bits per heavy atom. The number of amides is 2. The highest BCUT2D eigenvalue weighted by Crippen LogP contribution is 2.29. The second-order valence-corrected chi connectivity index (χ2v) is 6.77. The Labute approximate surface area is 181 Å². The van der Waals surface area contributed by atoms with Crippen LogP contribution in [0.5, 0.6) is 11.5 Å². The zero-order valence-corrected chi connectivity index (χ0v) is 17.7. The number of methoxy groups -OCH3 is 2. The second kappa shape index (κ2) is 10.2. The van der Waals surface area contributed by atoms with Gasteiger partial charge in [0.05, 0.1) is 26.5 Å². The zero-order valence-electron chi connectivity index (χ0n) is 17.7. The molecule has 31 heavy (non-hydrogen) atoms. The fourth-order valence-electron chi connectivity index (χ4n) is 3.03. The normalized spacial score (nSPS) is 10.2. The smallest absolute Gasteiger partial charge is 0.255 e. The summed E-state index contributed by atoms with van der Waals surface area (Å²) in [5, 5.41) is 8.85. The molecule has 0 saturated carbocycles. The standard InChI is InChI=1S/C24H25N3O4/c1-16-19(10-7-11-20(16)27-24(29)17-8-5-4-6-9-17)25-15-23(28)26-21-14-18(30-2)12-13-22(21)31-3/h4-14,25H,15H2,1-3H3,(H,26,28)(H,27,29). The summed E-state index contributed by atoms with van der Waals surface area (Å²) < 4.78 is 10.5. The highest BCUT2D eigenvalue weighted by molar-refractivity contribution is 6.05. The van der Waals surface area contributed by atoms with Crippen LogP contribution in [-0.4, -0.2) is 32.6 Å². The van der Waals surface area contributed by atoms with E-state index in [0.29, 0.717) is 28.4 Å². The molecule has 7 heteroatoms. The quantitative estimate of drug-likeness (QED) is 0.506. The molecule has 160 valence electrons. The van der Waals surface area contributed by atoms with Gasteiger partial charge in [0.15, 0.2) is 0 Å². The van der Waals surface area contributed by atoms with Crippen LogP contribution in [0.25, 0.3) is 0 Å². The third-order valence-corrected chi connectivity index (χ3v) is 4.74. The van der Waals surface area contributed by atoms with E-state index in [1.54, 1.807) is 37.4 Å². The second-order valence-electron chi connectivity index (χ2n) is 6.77. The van der Waals surface area contributed by atoms with Gasteiger partial charge in [0.25, 0.3) is 5.91 Å². The molecule has 3 aromatic rings. The molecule has 0 aromatic heterocycles. The molecule has 0 aliphatic carbocycles. The molecule has 0 saturated heterocycles. The third kappa shape index (κ3) is 5.54. The summed E-state index contributed by atoms with van der Waals surface area (Å²) in [5.41, 5.74) is 3.35. The molecule has 3 rings (SSSR count). The Balaban J connectivity index is 1.65. The first kappa shape index (κ1) is 21.7. The maximum atomic E-state index is 12.5. The van der Waals surface area contributed by atoms with Gasteiger partial charge in [0.2, 0.25) is 5.91 Å². The van der Waals surface area contributed by atoms with E-state index >= 15 is 0 Å². The molecule has 0 aliphatic rings. The molecule has 7 nitrogen and oxygen atoms in total. The summed E-state index contributed by atoms with van der Waals surface area (Å²) in [6.07, 6.45) is 0. The minimum Gasteiger partial charge on any atom is -0.497 e. The summed E-state index contributed by atoms with van der Waals surface area (Å²) in [7, 11) is 3.09. The third-order valence-electron chi connectivity index (χ3n) is 4.74. The van der Waals surface area contributed by atoms with Crippen LogP contribution in [-0.2, 0) is 4.79 Å². The zero-order chi connectivity index (χ0) is 22.2. The lowest BCUT2D eigenvalue weighted by atomic mass is 10.1. The average Bonchev–Trinajstić information content (AvgIpc) is 2.80. The van der Waals surface area contributed by atoms with Crippen molar-refractivity contribution >= 4 is 28.9 Å². The molecule has 3 N–H and O–H groups in total. The van der Waals surface area contributed by atoms with Crippen molar-refractivity contribution in [3.63, 3.8) is 0 Å². The Morgan fingerprint density at radius 3 is 2.26 bits per heavy atom. The number of hydrogen-bond donors (Lipinski definition) is 3. The van der Waals surface area contributed by atoms with Crippen LogP contribution in [0.3, 0.4) is 0 Å². The van der Waals surface area contributed by atoms with E-state index < -0.39 is 0 Å². The summed E-state index contributed by atoms with van der Waals surface area (Å²) in [4.78, 5) is 24.9. The van der Waals surface area contributed by atoms with E-state index in [1.165, 1.54) is 7.11 Å². The van der Waals surface area contributed by atoms with Crippen LogP contribution in [0.4, 0.5) is 17.1 Å². The lowest BCUT2D eigenvalue weighted by molar-refractivity contribution is -0.114. The van der Waals surface area contributed by atoms with Gasteiger partial charge in [-0.2, -0.15) is 0 Å². The van der Waals surface area contributed by atoms with Crippen molar-refractivity contribution in [2.75, 3.05) is 36.7 Å². The van der Waals surface area contributed by atoms with Gasteiger partial charge in [0, 0.05) is 23.0 Å². The number of carbonyl (C=O) groups excluding carboxylic acids is 2. The highest BCUT2D eigenvalue weighted by Gasteiger charge is 2.12. The summed E-state index contributed by atoms with van der Waals surface area (Å²) in [6.45, 7) is 1.92. The van der Waals surface area contributed by atoms with E-state index in [-0.39, 0.29) is 18.4 Å². The fourth-order valence-corrected chi connectivity index (χ4v) is 3.03. The van der Waals surface area contributed by atoms with Gasteiger partial charge in [-0.1, -0.05) is 24.3 Å². The first-order chi connectivity index (χ1) is 15.0. The van der Waals surface area contributed by atoms with Crippen molar-refractivity contribution in [1.82, 2.24) is 0 Å². The molecular formula is C24H25N3O4. The van der Waals surface area contributed by atoms with Gasteiger partial charge >= 0.3 is 0 Å².